The minimum absolute atomic E-state index is 0.0106. The third kappa shape index (κ3) is 2.66. The Hall–Kier alpha value is -0.950. The number of ether oxygens (including phenoxy) is 1. The van der Waals surface area contributed by atoms with Gasteiger partial charge in [-0.1, -0.05) is 0 Å². The lowest BCUT2D eigenvalue weighted by Gasteiger charge is -2.07. The van der Waals surface area contributed by atoms with Crippen molar-refractivity contribution in [3.63, 3.8) is 0 Å². The molecular formula is C10H10F3NO2S. The van der Waals surface area contributed by atoms with E-state index in [1.807, 2.05) is 6.92 Å². The van der Waals surface area contributed by atoms with Crippen molar-refractivity contribution >= 4 is 17.1 Å². The molecule has 1 aliphatic rings. The zero-order valence-electron chi connectivity index (χ0n) is 8.95. The summed E-state index contributed by atoms with van der Waals surface area (Å²) in [5.41, 5.74) is 0. The minimum Gasteiger partial charge on any atom is -0.367 e. The molecule has 0 radical (unpaired) electrons. The van der Waals surface area contributed by atoms with E-state index < -0.39 is 23.1 Å². The van der Waals surface area contributed by atoms with Crippen molar-refractivity contribution < 1.29 is 22.7 Å². The van der Waals surface area contributed by atoms with Crippen LogP contribution in [0, 0.1) is 0 Å². The lowest BCUT2D eigenvalue weighted by molar-refractivity contribution is -0.137. The van der Waals surface area contributed by atoms with Gasteiger partial charge in [0.05, 0.1) is 11.0 Å². The van der Waals surface area contributed by atoms with E-state index in [2.05, 4.69) is 4.98 Å². The molecule has 0 aromatic carbocycles. The first-order valence-corrected chi connectivity index (χ1v) is 5.92. The highest BCUT2D eigenvalue weighted by Crippen LogP contribution is 2.33. The normalized spacial score (nSPS) is 25.2. The number of halogens is 3. The summed E-state index contributed by atoms with van der Waals surface area (Å²) < 4.78 is 42.2. The lowest BCUT2D eigenvalue weighted by atomic mass is 10.1. The summed E-state index contributed by atoms with van der Waals surface area (Å²) >= 11 is 0.370. The smallest absolute Gasteiger partial charge is 0.367 e. The molecule has 0 aliphatic carbocycles. The molecule has 1 saturated heterocycles. The standard InChI is InChI=1S/C10H10F3NO2S/c1-5-2-3-6(16-5)8(15)7-4-14-9(17-7)10(11,12)13/h4-6H,2-3H2,1H3. The van der Waals surface area contributed by atoms with Crippen molar-refractivity contribution in [3.8, 4) is 0 Å². The summed E-state index contributed by atoms with van der Waals surface area (Å²) in [4.78, 5) is 15.0. The van der Waals surface area contributed by atoms with Gasteiger partial charge in [0.25, 0.3) is 0 Å². The van der Waals surface area contributed by atoms with E-state index in [1.54, 1.807) is 0 Å². The second-order valence-electron chi connectivity index (χ2n) is 3.90. The van der Waals surface area contributed by atoms with Crippen LogP contribution in [-0.2, 0) is 10.9 Å². The van der Waals surface area contributed by atoms with Gasteiger partial charge in [0.1, 0.15) is 6.10 Å². The lowest BCUT2D eigenvalue weighted by Crippen LogP contribution is -2.19. The Morgan fingerprint density at radius 1 is 1.53 bits per heavy atom. The maximum atomic E-state index is 12.3. The van der Waals surface area contributed by atoms with Crippen LogP contribution in [0.4, 0.5) is 13.2 Å². The second kappa shape index (κ2) is 4.38. The van der Waals surface area contributed by atoms with Crippen LogP contribution < -0.4 is 0 Å². The van der Waals surface area contributed by atoms with Crippen LogP contribution in [0.5, 0.6) is 0 Å². The van der Waals surface area contributed by atoms with Gasteiger partial charge in [0, 0.05) is 6.20 Å². The highest BCUT2D eigenvalue weighted by atomic mass is 32.1. The Balaban J connectivity index is 2.13. The first-order chi connectivity index (χ1) is 7.88. The summed E-state index contributed by atoms with van der Waals surface area (Å²) in [7, 11) is 0. The zero-order chi connectivity index (χ0) is 12.6. The molecule has 0 N–H and O–H groups in total. The predicted molar refractivity (Wildman–Crippen MR) is 55.0 cm³/mol. The predicted octanol–water partition coefficient (Wildman–Crippen LogP) is 2.91. The van der Waals surface area contributed by atoms with Crippen LogP contribution >= 0.6 is 11.3 Å². The fraction of sp³-hybridized carbons (Fsp3) is 0.600. The average Bonchev–Trinajstić information content (AvgIpc) is 2.83. The Morgan fingerprint density at radius 3 is 2.71 bits per heavy atom. The third-order valence-corrected chi connectivity index (χ3v) is 3.57. The second-order valence-corrected chi connectivity index (χ2v) is 4.94. The number of hydrogen-bond acceptors (Lipinski definition) is 4. The van der Waals surface area contributed by atoms with Crippen molar-refractivity contribution in [3.05, 3.63) is 16.1 Å². The number of rotatable bonds is 2. The summed E-state index contributed by atoms with van der Waals surface area (Å²) in [5, 5.41) is -0.994. The number of aromatic nitrogens is 1. The van der Waals surface area contributed by atoms with Gasteiger partial charge in [-0.3, -0.25) is 4.79 Å². The SMILES string of the molecule is CC1CCC(C(=O)c2cnc(C(F)(F)F)s2)O1. The fourth-order valence-corrected chi connectivity index (χ4v) is 2.44. The van der Waals surface area contributed by atoms with Gasteiger partial charge in [-0.25, -0.2) is 4.98 Å². The van der Waals surface area contributed by atoms with Gasteiger partial charge in [-0.2, -0.15) is 13.2 Å². The minimum atomic E-state index is -4.49. The van der Waals surface area contributed by atoms with Crippen molar-refractivity contribution in [2.24, 2.45) is 0 Å². The molecule has 2 heterocycles. The average molecular weight is 265 g/mol. The summed E-state index contributed by atoms with van der Waals surface area (Å²) in [6.07, 6.45) is -2.85. The molecule has 1 aliphatic heterocycles. The molecular weight excluding hydrogens is 255 g/mol. The van der Waals surface area contributed by atoms with Crippen LogP contribution in [0.3, 0.4) is 0 Å². The Labute approximate surface area is 99.6 Å². The van der Waals surface area contributed by atoms with Crippen LogP contribution in [0.1, 0.15) is 34.4 Å². The zero-order valence-corrected chi connectivity index (χ0v) is 9.77. The maximum Gasteiger partial charge on any atom is 0.443 e. The molecule has 1 aromatic heterocycles. The Kier molecular flexibility index (Phi) is 3.22. The van der Waals surface area contributed by atoms with Gasteiger partial charge in [0.2, 0.25) is 5.78 Å². The monoisotopic (exact) mass is 265 g/mol. The van der Waals surface area contributed by atoms with Crippen molar-refractivity contribution in [2.45, 2.75) is 38.1 Å². The van der Waals surface area contributed by atoms with Crippen LogP contribution in [-0.4, -0.2) is 23.0 Å². The van der Waals surface area contributed by atoms with Gasteiger partial charge in [-0.05, 0) is 19.8 Å². The van der Waals surface area contributed by atoms with E-state index >= 15 is 0 Å². The molecule has 3 nitrogen and oxygen atoms in total. The van der Waals surface area contributed by atoms with Crippen LogP contribution in [0.2, 0.25) is 0 Å². The largest absolute Gasteiger partial charge is 0.443 e. The van der Waals surface area contributed by atoms with Gasteiger partial charge < -0.3 is 4.74 Å². The summed E-state index contributed by atoms with van der Waals surface area (Å²) in [6.45, 7) is 1.83. The van der Waals surface area contributed by atoms with E-state index in [1.165, 1.54) is 0 Å². The number of alkyl halides is 3. The Bertz CT molecular complexity index is 429. The first-order valence-electron chi connectivity index (χ1n) is 5.10. The van der Waals surface area contributed by atoms with E-state index in [0.29, 0.717) is 17.8 Å². The molecule has 1 fully saturated rings. The molecule has 1 aromatic rings. The number of carbonyl (C=O) groups is 1. The van der Waals surface area contributed by atoms with E-state index in [-0.39, 0.29) is 11.0 Å². The van der Waals surface area contributed by atoms with Crippen molar-refractivity contribution in [1.29, 1.82) is 0 Å². The highest BCUT2D eigenvalue weighted by molar-refractivity contribution is 7.13. The number of carbonyl (C=O) groups excluding carboxylic acids is 1. The molecule has 0 saturated carbocycles. The molecule has 0 spiro atoms. The number of ketones is 1. The fourth-order valence-electron chi connectivity index (χ4n) is 1.67. The number of Topliss-reactive ketones (excluding diaryl/α,β-unsaturated/α-hetero) is 1. The molecule has 2 atom stereocenters. The quantitative estimate of drug-likeness (QED) is 0.772. The van der Waals surface area contributed by atoms with Crippen molar-refractivity contribution in [1.82, 2.24) is 4.98 Å². The molecule has 2 unspecified atom stereocenters. The molecule has 0 bridgehead atoms. The molecule has 94 valence electrons. The molecule has 17 heavy (non-hydrogen) atoms. The maximum absolute atomic E-state index is 12.3. The van der Waals surface area contributed by atoms with Crippen LogP contribution in [0.25, 0.3) is 0 Å². The van der Waals surface area contributed by atoms with E-state index in [4.69, 9.17) is 4.74 Å². The van der Waals surface area contributed by atoms with E-state index in [0.717, 1.165) is 12.6 Å². The number of thiazole rings is 1. The summed E-state index contributed by atoms with van der Waals surface area (Å²) in [6, 6.07) is 0. The Morgan fingerprint density at radius 2 is 2.24 bits per heavy atom. The van der Waals surface area contributed by atoms with Crippen molar-refractivity contribution in [2.75, 3.05) is 0 Å². The van der Waals surface area contributed by atoms with Gasteiger partial charge in [-0.15, -0.1) is 11.3 Å². The van der Waals surface area contributed by atoms with Gasteiger partial charge in [0.15, 0.2) is 5.01 Å². The highest BCUT2D eigenvalue weighted by Gasteiger charge is 2.37. The number of hydrogen-bond donors (Lipinski definition) is 0. The molecule has 2 rings (SSSR count). The first kappa shape index (κ1) is 12.5. The molecule has 7 heteroatoms. The number of nitrogens with zero attached hydrogens (tertiary/aromatic N) is 1. The van der Waals surface area contributed by atoms with E-state index in [9.17, 15) is 18.0 Å². The summed E-state index contributed by atoms with van der Waals surface area (Å²) in [5.74, 6) is -0.401. The third-order valence-electron chi connectivity index (χ3n) is 2.52. The molecule has 0 amide bonds. The topological polar surface area (TPSA) is 39.2 Å². The van der Waals surface area contributed by atoms with Gasteiger partial charge >= 0.3 is 6.18 Å². The van der Waals surface area contributed by atoms with Crippen LogP contribution in [0.15, 0.2) is 6.20 Å².